The van der Waals surface area contributed by atoms with Gasteiger partial charge in [0.25, 0.3) is 5.91 Å². The second kappa shape index (κ2) is 5.09. The minimum absolute atomic E-state index is 0.182. The van der Waals surface area contributed by atoms with Crippen LogP contribution in [0.25, 0.3) is 0 Å². The first-order valence-corrected chi connectivity index (χ1v) is 6.40. The molecule has 0 spiro atoms. The number of nitrogens with one attached hydrogen (secondary N) is 1. The van der Waals surface area contributed by atoms with Crippen LogP contribution in [0.2, 0.25) is 5.22 Å². The Hall–Kier alpha value is -1.75. The van der Waals surface area contributed by atoms with Crippen molar-refractivity contribution in [3.8, 4) is 0 Å². The average Bonchev–Trinajstić information content (AvgIpc) is 2.87. The van der Waals surface area contributed by atoms with Gasteiger partial charge in [-0.1, -0.05) is 0 Å². The molecule has 19 heavy (non-hydrogen) atoms. The molecule has 0 aromatic carbocycles. The predicted octanol–water partition coefficient (Wildman–Crippen LogP) is 3.58. The molecule has 102 valence electrons. The smallest absolute Gasteiger partial charge is 0.291 e. The van der Waals surface area contributed by atoms with Gasteiger partial charge < -0.3 is 9.73 Å². The molecule has 0 saturated carbocycles. The first kappa shape index (κ1) is 13.7. The van der Waals surface area contributed by atoms with Crippen molar-refractivity contribution in [1.29, 1.82) is 0 Å². The molecule has 2 aromatic heterocycles. The van der Waals surface area contributed by atoms with E-state index in [0.717, 1.165) is 11.4 Å². The molecular weight excluding hydrogens is 266 g/mol. The van der Waals surface area contributed by atoms with Crippen LogP contribution in [0.4, 0.5) is 5.69 Å². The maximum absolute atomic E-state index is 12.0. The van der Waals surface area contributed by atoms with Crippen LogP contribution >= 0.6 is 11.6 Å². The molecule has 0 aliphatic rings. The van der Waals surface area contributed by atoms with Crippen molar-refractivity contribution in [3.63, 3.8) is 0 Å². The van der Waals surface area contributed by atoms with E-state index in [9.17, 15) is 4.79 Å². The maximum Gasteiger partial charge on any atom is 0.291 e. The van der Waals surface area contributed by atoms with Gasteiger partial charge in [-0.25, -0.2) is 0 Å². The van der Waals surface area contributed by atoms with E-state index in [1.165, 1.54) is 12.1 Å². The molecule has 2 heterocycles. The molecule has 0 saturated heterocycles. The highest BCUT2D eigenvalue weighted by Gasteiger charge is 2.18. The fourth-order valence-corrected chi connectivity index (χ4v) is 2.10. The van der Waals surface area contributed by atoms with Crippen molar-refractivity contribution < 1.29 is 9.21 Å². The summed E-state index contributed by atoms with van der Waals surface area (Å²) >= 11 is 5.65. The Balaban J connectivity index is 2.26. The van der Waals surface area contributed by atoms with Crippen molar-refractivity contribution in [3.05, 3.63) is 34.5 Å². The van der Waals surface area contributed by atoms with Crippen LogP contribution < -0.4 is 5.32 Å². The van der Waals surface area contributed by atoms with Crippen LogP contribution in [0.3, 0.4) is 0 Å². The quantitative estimate of drug-likeness (QED) is 0.935. The van der Waals surface area contributed by atoms with Crippen LogP contribution in [-0.4, -0.2) is 15.7 Å². The lowest BCUT2D eigenvalue weighted by atomic mass is 10.3. The van der Waals surface area contributed by atoms with Crippen LogP contribution in [0.1, 0.15) is 41.8 Å². The Labute approximate surface area is 116 Å². The zero-order chi connectivity index (χ0) is 14.2. The summed E-state index contributed by atoms with van der Waals surface area (Å²) in [5.74, 6) is -0.150. The minimum atomic E-state index is -0.332. The molecule has 2 aromatic rings. The van der Waals surface area contributed by atoms with Crippen molar-refractivity contribution in [2.24, 2.45) is 0 Å². The molecule has 1 N–H and O–H groups in total. The number of aromatic nitrogens is 2. The lowest BCUT2D eigenvalue weighted by Gasteiger charge is -2.08. The summed E-state index contributed by atoms with van der Waals surface area (Å²) in [6.45, 7) is 7.86. The number of hydrogen-bond donors (Lipinski definition) is 1. The third kappa shape index (κ3) is 2.66. The number of carbonyl (C=O) groups is 1. The maximum atomic E-state index is 12.0. The molecule has 0 atom stereocenters. The van der Waals surface area contributed by atoms with Gasteiger partial charge in [0.2, 0.25) is 0 Å². The van der Waals surface area contributed by atoms with E-state index in [-0.39, 0.29) is 22.9 Å². The van der Waals surface area contributed by atoms with E-state index in [4.69, 9.17) is 16.0 Å². The van der Waals surface area contributed by atoms with Gasteiger partial charge in [-0.05, 0) is 51.4 Å². The molecule has 0 bridgehead atoms. The van der Waals surface area contributed by atoms with Crippen LogP contribution in [0.15, 0.2) is 16.5 Å². The molecule has 2 rings (SSSR count). The molecule has 0 radical (unpaired) electrons. The van der Waals surface area contributed by atoms with Crippen molar-refractivity contribution in [1.82, 2.24) is 9.78 Å². The first-order chi connectivity index (χ1) is 8.90. The summed E-state index contributed by atoms with van der Waals surface area (Å²) in [5, 5.41) is 7.41. The standard InChI is InChI=1S/C13H16ClN3O2/c1-7(2)17-9(4)12(8(3)16-17)15-13(18)10-5-6-11(14)19-10/h5-7H,1-4H3,(H,15,18). The number of carbonyl (C=O) groups excluding carboxylic acids is 1. The van der Waals surface area contributed by atoms with E-state index in [1.807, 2.05) is 32.4 Å². The summed E-state index contributed by atoms with van der Waals surface area (Å²) in [6, 6.07) is 3.31. The molecule has 1 amide bonds. The van der Waals surface area contributed by atoms with Gasteiger partial charge in [0, 0.05) is 6.04 Å². The molecule has 0 fully saturated rings. The summed E-state index contributed by atoms with van der Waals surface area (Å²) in [4.78, 5) is 12.0. The lowest BCUT2D eigenvalue weighted by Crippen LogP contribution is -2.12. The van der Waals surface area contributed by atoms with Crippen molar-refractivity contribution in [2.75, 3.05) is 5.32 Å². The zero-order valence-electron chi connectivity index (χ0n) is 11.3. The Morgan fingerprint density at radius 2 is 2.11 bits per heavy atom. The highest BCUT2D eigenvalue weighted by Crippen LogP contribution is 2.23. The van der Waals surface area contributed by atoms with E-state index in [2.05, 4.69) is 10.4 Å². The second-order valence-electron chi connectivity index (χ2n) is 4.64. The summed E-state index contributed by atoms with van der Waals surface area (Å²) < 4.78 is 6.95. The summed E-state index contributed by atoms with van der Waals surface area (Å²) in [6.07, 6.45) is 0. The lowest BCUT2D eigenvalue weighted by molar-refractivity contribution is 0.0996. The molecule has 0 unspecified atom stereocenters. The molecule has 0 aliphatic heterocycles. The number of furan rings is 1. The normalized spacial score (nSPS) is 11.1. The highest BCUT2D eigenvalue weighted by molar-refractivity contribution is 6.29. The fraction of sp³-hybridized carbons (Fsp3) is 0.385. The largest absolute Gasteiger partial charge is 0.440 e. The summed E-state index contributed by atoms with van der Waals surface area (Å²) in [7, 11) is 0. The first-order valence-electron chi connectivity index (χ1n) is 6.02. The van der Waals surface area contributed by atoms with Crippen molar-refractivity contribution in [2.45, 2.75) is 33.7 Å². The van der Waals surface area contributed by atoms with E-state index in [1.54, 1.807) is 0 Å². The Morgan fingerprint density at radius 1 is 1.42 bits per heavy atom. The van der Waals surface area contributed by atoms with Crippen LogP contribution in [-0.2, 0) is 0 Å². The number of anilines is 1. The van der Waals surface area contributed by atoms with Crippen LogP contribution in [0.5, 0.6) is 0 Å². The molecule has 0 aliphatic carbocycles. The minimum Gasteiger partial charge on any atom is -0.440 e. The number of nitrogens with zero attached hydrogens (tertiary/aromatic N) is 2. The van der Waals surface area contributed by atoms with E-state index >= 15 is 0 Å². The number of halogens is 1. The van der Waals surface area contributed by atoms with E-state index in [0.29, 0.717) is 5.69 Å². The fourth-order valence-electron chi connectivity index (χ4n) is 1.96. The van der Waals surface area contributed by atoms with Crippen LogP contribution in [0, 0.1) is 13.8 Å². The third-order valence-corrected chi connectivity index (χ3v) is 3.05. The SMILES string of the molecule is Cc1nn(C(C)C)c(C)c1NC(=O)c1ccc(Cl)o1. The van der Waals surface area contributed by atoms with Gasteiger partial charge in [0.05, 0.1) is 17.1 Å². The molecule has 6 heteroatoms. The monoisotopic (exact) mass is 281 g/mol. The Morgan fingerprint density at radius 3 is 2.58 bits per heavy atom. The van der Waals surface area contributed by atoms with Crippen molar-refractivity contribution >= 4 is 23.2 Å². The van der Waals surface area contributed by atoms with Gasteiger partial charge in [-0.2, -0.15) is 5.10 Å². The van der Waals surface area contributed by atoms with Gasteiger partial charge in [0.15, 0.2) is 11.0 Å². The van der Waals surface area contributed by atoms with Gasteiger partial charge in [-0.15, -0.1) is 0 Å². The Kier molecular flexibility index (Phi) is 3.66. The topological polar surface area (TPSA) is 60.1 Å². The average molecular weight is 282 g/mol. The zero-order valence-corrected chi connectivity index (χ0v) is 12.1. The molecular formula is C13H16ClN3O2. The summed E-state index contributed by atoms with van der Waals surface area (Å²) in [5.41, 5.74) is 2.40. The highest BCUT2D eigenvalue weighted by atomic mass is 35.5. The number of rotatable bonds is 3. The molecule has 5 nitrogen and oxygen atoms in total. The van der Waals surface area contributed by atoms with Gasteiger partial charge in [-0.3, -0.25) is 9.48 Å². The number of amides is 1. The number of hydrogen-bond acceptors (Lipinski definition) is 3. The Bertz CT molecular complexity index is 613. The third-order valence-electron chi connectivity index (χ3n) is 2.85. The second-order valence-corrected chi connectivity index (χ2v) is 5.01. The number of aryl methyl sites for hydroxylation is 1. The van der Waals surface area contributed by atoms with E-state index < -0.39 is 0 Å². The van der Waals surface area contributed by atoms with Gasteiger partial charge >= 0.3 is 0 Å². The predicted molar refractivity (Wildman–Crippen MR) is 73.8 cm³/mol. The van der Waals surface area contributed by atoms with Gasteiger partial charge in [0.1, 0.15) is 0 Å².